The molecule has 0 fully saturated rings. The van der Waals surface area contributed by atoms with Gasteiger partial charge in [0.2, 0.25) is 0 Å². The van der Waals surface area contributed by atoms with Gasteiger partial charge in [-0.05, 0) is 19.1 Å². The molecular weight excluding hydrogens is 238 g/mol. The van der Waals surface area contributed by atoms with Crippen molar-refractivity contribution in [2.24, 2.45) is 0 Å². The number of anilines is 1. The fourth-order valence-corrected chi connectivity index (χ4v) is 2.00. The predicted octanol–water partition coefficient (Wildman–Crippen LogP) is 2.09. The number of hydrogen-bond donors (Lipinski definition) is 2. The first-order valence-electron chi connectivity index (χ1n) is 5.02. The van der Waals surface area contributed by atoms with Crippen LogP contribution in [0.15, 0.2) is 29.9 Å². The molecule has 1 atom stereocenters. The second kappa shape index (κ2) is 4.92. The Morgan fingerprint density at radius 2 is 2.41 bits per heavy atom. The van der Waals surface area contributed by atoms with Crippen LogP contribution >= 0.6 is 11.3 Å². The number of aromatic nitrogens is 2. The van der Waals surface area contributed by atoms with Gasteiger partial charge in [0.05, 0.1) is 0 Å². The number of aliphatic carboxylic acids is 1. The number of carboxylic acids is 1. The highest BCUT2D eigenvalue weighted by atomic mass is 32.1. The first kappa shape index (κ1) is 11.5. The van der Waals surface area contributed by atoms with Gasteiger partial charge in [-0.25, -0.2) is 4.98 Å². The van der Waals surface area contributed by atoms with E-state index in [9.17, 15) is 4.79 Å². The summed E-state index contributed by atoms with van der Waals surface area (Å²) in [5, 5.41) is 14.2. The molecule has 2 heterocycles. The molecule has 2 aromatic rings. The monoisotopic (exact) mass is 249 g/mol. The molecule has 2 aromatic heterocycles. The van der Waals surface area contributed by atoms with Crippen LogP contribution in [0.4, 0.5) is 5.82 Å². The summed E-state index contributed by atoms with van der Waals surface area (Å²) in [6.45, 7) is 1.57. The molecule has 0 aliphatic heterocycles. The summed E-state index contributed by atoms with van der Waals surface area (Å²) in [4.78, 5) is 19.0. The highest BCUT2D eigenvalue weighted by Gasteiger charge is 2.12. The predicted molar refractivity (Wildman–Crippen MR) is 66.1 cm³/mol. The van der Waals surface area contributed by atoms with E-state index in [1.54, 1.807) is 24.7 Å². The molecular formula is C11H11N3O2S. The molecule has 17 heavy (non-hydrogen) atoms. The van der Waals surface area contributed by atoms with E-state index in [4.69, 9.17) is 5.11 Å². The molecule has 5 nitrogen and oxygen atoms in total. The average molecular weight is 249 g/mol. The molecule has 88 valence electrons. The Kier molecular flexibility index (Phi) is 3.34. The molecule has 0 aliphatic carbocycles. The summed E-state index contributed by atoms with van der Waals surface area (Å²) in [6.07, 6.45) is 3.42. The van der Waals surface area contributed by atoms with Gasteiger partial charge in [-0.1, -0.05) is 0 Å². The molecule has 0 spiro atoms. The number of rotatable bonds is 4. The minimum absolute atomic E-state index is 0.573. The van der Waals surface area contributed by atoms with Crippen LogP contribution in [0, 0.1) is 0 Å². The van der Waals surface area contributed by atoms with Gasteiger partial charge in [-0.2, -0.15) is 0 Å². The molecule has 0 bridgehead atoms. The smallest absolute Gasteiger partial charge is 0.325 e. The van der Waals surface area contributed by atoms with Gasteiger partial charge >= 0.3 is 5.97 Å². The number of carbonyl (C=O) groups is 1. The van der Waals surface area contributed by atoms with Crippen molar-refractivity contribution in [3.05, 3.63) is 29.9 Å². The fraction of sp³-hybridized carbons (Fsp3) is 0.182. The van der Waals surface area contributed by atoms with E-state index in [1.807, 2.05) is 12.1 Å². The second-order valence-corrected chi connectivity index (χ2v) is 4.34. The van der Waals surface area contributed by atoms with Gasteiger partial charge in [0.15, 0.2) is 0 Å². The maximum atomic E-state index is 10.7. The van der Waals surface area contributed by atoms with Crippen LogP contribution in [-0.4, -0.2) is 27.1 Å². The van der Waals surface area contributed by atoms with Crippen LogP contribution < -0.4 is 5.32 Å². The number of pyridine rings is 1. The standard InChI is InChI=1S/C11H11N3O2S/c1-7(11(15)16)13-9-6-17-10(14-9)8-3-2-4-12-5-8/h2-7,13H,1H3,(H,15,16). The van der Waals surface area contributed by atoms with Crippen LogP contribution in [0.5, 0.6) is 0 Å². The normalized spacial score (nSPS) is 12.1. The molecule has 0 saturated carbocycles. The lowest BCUT2D eigenvalue weighted by Crippen LogP contribution is -2.25. The summed E-state index contributed by atoms with van der Waals surface area (Å²) in [5.74, 6) is -0.329. The van der Waals surface area contributed by atoms with Crippen LogP contribution in [-0.2, 0) is 4.79 Å². The topological polar surface area (TPSA) is 75.1 Å². The van der Waals surface area contributed by atoms with Crippen LogP contribution in [0.2, 0.25) is 0 Å². The highest BCUT2D eigenvalue weighted by Crippen LogP contribution is 2.25. The molecule has 0 aromatic carbocycles. The quantitative estimate of drug-likeness (QED) is 0.867. The maximum Gasteiger partial charge on any atom is 0.325 e. The van der Waals surface area contributed by atoms with E-state index in [2.05, 4.69) is 15.3 Å². The fourth-order valence-electron chi connectivity index (χ4n) is 1.25. The van der Waals surface area contributed by atoms with Crippen molar-refractivity contribution in [3.63, 3.8) is 0 Å². The van der Waals surface area contributed by atoms with Crippen molar-refractivity contribution < 1.29 is 9.90 Å². The Hall–Kier alpha value is -1.95. The van der Waals surface area contributed by atoms with Gasteiger partial charge in [-0.3, -0.25) is 9.78 Å². The third kappa shape index (κ3) is 2.79. The molecule has 2 rings (SSSR count). The molecule has 0 radical (unpaired) electrons. The molecule has 0 aliphatic rings. The molecule has 6 heteroatoms. The Bertz CT molecular complexity index is 512. The zero-order valence-corrected chi connectivity index (χ0v) is 9.94. The van der Waals surface area contributed by atoms with Crippen molar-refractivity contribution in [1.82, 2.24) is 9.97 Å². The lowest BCUT2D eigenvalue weighted by atomic mass is 10.3. The number of thiazole rings is 1. The lowest BCUT2D eigenvalue weighted by Gasteiger charge is -2.06. The van der Waals surface area contributed by atoms with E-state index >= 15 is 0 Å². The summed E-state index contributed by atoms with van der Waals surface area (Å²) in [6, 6.07) is 3.10. The van der Waals surface area contributed by atoms with Crippen molar-refractivity contribution in [3.8, 4) is 10.6 Å². The van der Waals surface area contributed by atoms with E-state index in [0.717, 1.165) is 10.6 Å². The maximum absolute atomic E-state index is 10.7. The van der Waals surface area contributed by atoms with E-state index < -0.39 is 12.0 Å². The minimum Gasteiger partial charge on any atom is -0.480 e. The van der Waals surface area contributed by atoms with Crippen LogP contribution in [0.1, 0.15) is 6.92 Å². The van der Waals surface area contributed by atoms with E-state index in [1.165, 1.54) is 11.3 Å². The second-order valence-electron chi connectivity index (χ2n) is 3.48. The van der Waals surface area contributed by atoms with Gasteiger partial charge in [0, 0.05) is 23.3 Å². The van der Waals surface area contributed by atoms with E-state index in [-0.39, 0.29) is 0 Å². The van der Waals surface area contributed by atoms with Crippen molar-refractivity contribution in [2.45, 2.75) is 13.0 Å². The average Bonchev–Trinajstić information content (AvgIpc) is 2.78. The lowest BCUT2D eigenvalue weighted by molar-refractivity contribution is -0.137. The largest absolute Gasteiger partial charge is 0.480 e. The third-order valence-electron chi connectivity index (χ3n) is 2.15. The zero-order chi connectivity index (χ0) is 12.3. The summed E-state index contributed by atoms with van der Waals surface area (Å²) in [5.41, 5.74) is 0.925. The van der Waals surface area contributed by atoms with Gasteiger partial charge in [0.1, 0.15) is 16.9 Å². The van der Waals surface area contributed by atoms with E-state index in [0.29, 0.717) is 5.82 Å². The Morgan fingerprint density at radius 3 is 3.06 bits per heavy atom. The third-order valence-corrected chi connectivity index (χ3v) is 3.04. The van der Waals surface area contributed by atoms with Crippen molar-refractivity contribution >= 4 is 23.1 Å². The minimum atomic E-state index is -0.902. The first-order chi connectivity index (χ1) is 8.16. The van der Waals surface area contributed by atoms with Gasteiger partial charge in [0.25, 0.3) is 0 Å². The Morgan fingerprint density at radius 1 is 1.59 bits per heavy atom. The van der Waals surface area contributed by atoms with Gasteiger partial charge < -0.3 is 10.4 Å². The first-order valence-corrected chi connectivity index (χ1v) is 5.90. The summed E-state index contributed by atoms with van der Waals surface area (Å²) < 4.78 is 0. The zero-order valence-electron chi connectivity index (χ0n) is 9.12. The summed E-state index contributed by atoms with van der Waals surface area (Å²) in [7, 11) is 0. The van der Waals surface area contributed by atoms with Crippen LogP contribution in [0.3, 0.4) is 0 Å². The highest BCUT2D eigenvalue weighted by molar-refractivity contribution is 7.13. The summed E-state index contributed by atoms with van der Waals surface area (Å²) >= 11 is 1.45. The molecule has 1 unspecified atom stereocenters. The van der Waals surface area contributed by atoms with Crippen LogP contribution in [0.25, 0.3) is 10.6 Å². The van der Waals surface area contributed by atoms with Gasteiger partial charge in [-0.15, -0.1) is 11.3 Å². The SMILES string of the molecule is CC(Nc1csc(-c2cccnc2)n1)C(=O)O. The molecule has 0 saturated heterocycles. The van der Waals surface area contributed by atoms with Crippen molar-refractivity contribution in [1.29, 1.82) is 0 Å². The molecule has 0 amide bonds. The number of nitrogens with zero attached hydrogens (tertiary/aromatic N) is 2. The van der Waals surface area contributed by atoms with Crippen molar-refractivity contribution in [2.75, 3.05) is 5.32 Å². The Labute approximate surface area is 102 Å². The molecule has 2 N–H and O–H groups in total. The number of nitrogens with one attached hydrogen (secondary N) is 1. The Balaban J connectivity index is 2.14. The number of carboxylic acid groups (broad SMARTS) is 1. The number of hydrogen-bond acceptors (Lipinski definition) is 5.